The number of rotatable bonds is 5. The lowest BCUT2D eigenvalue weighted by Gasteiger charge is -2.35. The summed E-state index contributed by atoms with van der Waals surface area (Å²) in [7, 11) is -3.53. The molecule has 8 nitrogen and oxygen atoms in total. The standard InChI is InChI=1S/C26H29N5O3S/c1-20-6-5-13-31(19-20)35(32,33)23-11-9-21(10-12-23)25-28-24(18-27)26(34-25)30-16-14-29(15-17-30)22-7-3-2-4-8-22/h2-4,7-12,20H,5-6,13-17,19H2,1H3/t20-/m0/s1. The zero-order chi connectivity index (χ0) is 24.4. The molecule has 0 spiro atoms. The van der Waals surface area contributed by atoms with Gasteiger partial charge in [0.1, 0.15) is 6.07 Å². The first-order valence-electron chi connectivity index (χ1n) is 12.0. The van der Waals surface area contributed by atoms with Crippen LogP contribution in [0.25, 0.3) is 11.5 Å². The van der Waals surface area contributed by atoms with Crippen LogP contribution >= 0.6 is 0 Å². The molecular formula is C26H29N5O3S. The number of piperazine rings is 1. The van der Waals surface area contributed by atoms with Gasteiger partial charge in [-0.1, -0.05) is 25.1 Å². The minimum Gasteiger partial charge on any atom is -0.419 e. The SMILES string of the molecule is C[C@H]1CCCN(S(=O)(=O)c2ccc(-c3nc(C#N)c(N4CCN(c5ccccc5)CC4)o3)cc2)C1. The van der Waals surface area contributed by atoms with Crippen LogP contribution in [0.1, 0.15) is 25.5 Å². The number of oxazole rings is 1. The van der Waals surface area contributed by atoms with Crippen LogP contribution in [0.15, 0.2) is 63.9 Å². The minimum atomic E-state index is -3.53. The number of aromatic nitrogens is 1. The molecule has 3 heterocycles. The fraction of sp³-hybridized carbons (Fsp3) is 0.385. The zero-order valence-corrected chi connectivity index (χ0v) is 20.6. The third-order valence-electron chi connectivity index (χ3n) is 6.76. The summed E-state index contributed by atoms with van der Waals surface area (Å²) < 4.78 is 33.7. The molecule has 3 aromatic rings. The van der Waals surface area contributed by atoms with Gasteiger partial charge in [-0.2, -0.15) is 14.6 Å². The van der Waals surface area contributed by atoms with Crippen molar-refractivity contribution in [3.63, 3.8) is 0 Å². The second-order valence-electron chi connectivity index (χ2n) is 9.23. The summed E-state index contributed by atoms with van der Waals surface area (Å²) in [6.45, 7) is 6.24. The maximum Gasteiger partial charge on any atom is 0.243 e. The Balaban J connectivity index is 1.32. The molecule has 2 saturated heterocycles. The summed E-state index contributed by atoms with van der Waals surface area (Å²) in [6.07, 6.45) is 1.94. The van der Waals surface area contributed by atoms with Crippen molar-refractivity contribution in [3.8, 4) is 17.5 Å². The normalized spacial score (nSPS) is 19.5. The first-order chi connectivity index (χ1) is 17.0. The Kier molecular flexibility index (Phi) is 6.50. The van der Waals surface area contributed by atoms with Gasteiger partial charge in [0.2, 0.25) is 27.5 Å². The third kappa shape index (κ3) is 4.77. The molecule has 0 aliphatic carbocycles. The van der Waals surface area contributed by atoms with Crippen molar-refractivity contribution in [1.29, 1.82) is 5.26 Å². The van der Waals surface area contributed by atoms with Gasteiger partial charge in [0.15, 0.2) is 0 Å². The Morgan fingerprint density at radius 3 is 2.31 bits per heavy atom. The lowest BCUT2D eigenvalue weighted by molar-refractivity contribution is 0.281. The Bertz CT molecular complexity index is 1310. The van der Waals surface area contributed by atoms with E-state index in [1.54, 1.807) is 28.6 Å². The number of nitriles is 1. The molecule has 2 aromatic carbocycles. The van der Waals surface area contributed by atoms with Gasteiger partial charge in [-0.05, 0) is 55.2 Å². The molecule has 2 aliphatic heterocycles. The second-order valence-corrected chi connectivity index (χ2v) is 11.2. The summed E-state index contributed by atoms with van der Waals surface area (Å²) >= 11 is 0. The van der Waals surface area contributed by atoms with Gasteiger partial charge < -0.3 is 14.2 Å². The van der Waals surface area contributed by atoms with Gasteiger partial charge in [0.05, 0.1) is 4.90 Å². The number of sulfonamides is 1. The zero-order valence-electron chi connectivity index (χ0n) is 19.8. The number of hydrogen-bond donors (Lipinski definition) is 0. The third-order valence-corrected chi connectivity index (χ3v) is 8.64. The van der Waals surface area contributed by atoms with E-state index >= 15 is 0 Å². The average Bonchev–Trinajstić information content (AvgIpc) is 3.34. The van der Waals surface area contributed by atoms with Crippen molar-refractivity contribution >= 4 is 21.6 Å². The quantitative estimate of drug-likeness (QED) is 0.533. The molecule has 0 bridgehead atoms. The molecule has 2 aliphatic rings. The highest BCUT2D eigenvalue weighted by Crippen LogP contribution is 2.31. The highest BCUT2D eigenvalue weighted by molar-refractivity contribution is 7.89. The highest BCUT2D eigenvalue weighted by atomic mass is 32.2. The van der Waals surface area contributed by atoms with Crippen molar-refractivity contribution in [2.75, 3.05) is 49.1 Å². The van der Waals surface area contributed by atoms with Gasteiger partial charge in [-0.3, -0.25) is 0 Å². The van der Waals surface area contributed by atoms with E-state index in [0.717, 1.165) is 25.9 Å². The summed E-state index contributed by atoms with van der Waals surface area (Å²) in [5.41, 5.74) is 2.06. The highest BCUT2D eigenvalue weighted by Gasteiger charge is 2.29. The molecule has 0 unspecified atom stereocenters. The first kappa shape index (κ1) is 23.4. The van der Waals surface area contributed by atoms with Crippen LogP contribution in [0.5, 0.6) is 0 Å². The van der Waals surface area contributed by atoms with Crippen LogP contribution in [0.3, 0.4) is 0 Å². The number of hydrogen-bond acceptors (Lipinski definition) is 7. The number of benzene rings is 2. The minimum absolute atomic E-state index is 0.243. The van der Waals surface area contributed by atoms with E-state index in [2.05, 4.69) is 35.0 Å². The largest absolute Gasteiger partial charge is 0.419 e. The van der Waals surface area contributed by atoms with Gasteiger partial charge in [0, 0.05) is 50.5 Å². The van der Waals surface area contributed by atoms with Crippen molar-refractivity contribution in [2.45, 2.75) is 24.7 Å². The Hall–Kier alpha value is -3.35. The summed E-state index contributed by atoms with van der Waals surface area (Å²) in [4.78, 5) is 9.02. The second kappa shape index (κ2) is 9.72. The Morgan fingerprint density at radius 2 is 1.66 bits per heavy atom. The van der Waals surface area contributed by atoms with Crippen LogP contribution < -0.4 is 9.80 Å². The molecule has 1 atom stereocenters. The van der Waals surface area contributed by atoms with Crippen molar-refractivity contribution in [3.05, 3.63) is 60.3 Å². The fourth-order valence-electron chi connectivity index (χ4n) is 4.81. The molecule has 182 valence electrons. The molecule has 0 saturated carbocycles. The smallest absolute Gasteiger partial charge is 0.243 e. The van der Waals surface area contributed by atoms with E-state index in [4.69, 9.17) is 4.42 Å². The van der Waals surface area contributed by atoms with Gasteiger partial charge in [-0.25, -0.2) is 8.42 Å². The molecule has 0 amide bonds. The monoisotopic (exact) mass is 491 g/mol. The topological polar surface area (TPSA) is 93.7 Å². The summed E-state index contributed by atoms with van der Waals surface area (Å²) in [6, 6.07) is 19.0. The first-order valence-corrected chi connectivity index (χ1v) is 13.5. The van der Waals surface area contributed by atoms with Gasteiger partial charge >= 0.3 is 0 Å². The summed E-state index contributed by atoms with van der Waals surface area (Å²) in [5, 5.41) is 9.66. The maximum absolute atomic E-state index is 13.1. The molecule has 5 rings (SSSR count). The van der Waals surface area contributed by atoms with Crippen LogP contribution in [0.4, 0.5) is 11.6 Å². The molecule has 2 fully saturated rings. The van der Waals surface area contributed by atoms with Gasteiger partial charge in [0.25, 0.3) is 0 Å². The molecule has 1 aromatic heterocycles. The van der Waals surface area contributed by atoms with E-state index in [1.165, 1.54) is 5.69 Å². The molecular weight excluding hydrogens is 462 g/mol. The van der Waals surface area contributed by atoms with E-state index in [9.17, 15) is 13.7 Å². The van der Waals surface area contributed by atoms with Crippen molar-refractivity contribution < 1.29 is 12.8 Å². The molecule has 9 heteroatoms. The van der Waals surface area contributed by atoms with E-state index < -0.39 is 10.0 Å². The molecule has 0 N–H and O–H groups in total. The van der Waals surface area contributed by atoms with Crippen LogP contribution in [0.2, 0.25) is 0 Å². The van der Waals surface area contributed by atoms with E-state index in [1.807, 2.05) is 23.1 Å². The predicted molar refractivity (Wildman–Crippen MR) is 135 cm³/mol. The van der Waals surface area contributed by atoms with Crippen LogP contribution in [0, 0.1) is 17.2 Å². The number of nitrogens with zero attached hydrogens (tertiary/aromatic N) is 5. The molecule has 0 radical (unpaired) electrons. The fourth-order valence-corrected chi connectivity index (χ4v) is 6.41. The number of piperidine rings is 1. The van der Waals surface area contributed by atoms with E-state index in [0.29, 0.717) is 49.4 Å². The lowest BCUT2D eigenvalue weighted by Crippen LogP contribution is -2.46. The number of para-hydroxylation sites is 1. The van der Waals surface area contributed by atoms with Crippen molar-refractivity contribution in [2.24, 2.45) is 5.92 Å². The average molecular weight is 492 g/mol. The van der Waals surface area contributed by atoms with Crippen LogP contribution in [-0.2, 0) is 10.0 Å². The van der Waals surface area contributed by atoms with Crippen molar-refractivity contribution in [1.82, 2.24) is 9.29 Å². The predicted octanol–water partition coefficient (Wildman–Crippen LogP) is 3.96. The lowest BCUT2D eigenvalue weighted by atomic mass is 10.0. The van der Waals surface area contributed by atoms with E-state index in [-0.39, 0.29) is 10.6 Å². The Morgan fingerprint density at radius 1 is 0.971 bits per heavy atom. The Labute approximate surface area is 206 Å². The van der Waals surface area contributed by atoms with Crippen LogP contribution in [-0.4, -0.2) is 57.0 Å². The summed E-state index contributed by atoms with van der Waals surface area (Å²) in [5.74, 6) is 1.15. The number of anilines is 2. The maximum atomic E-state index is 13.1. The molecule has 35 heavy (non-hydrogen) atoms. The van der Waals surface area contributed by atoms with Gasteiger partial charge in [-0.15, -0.1) is 0 Å².